The molecule has 0 spiro atoms. The molecule has 21 heavy (non-hydrogen) atoms. The number of nitrogens with zero attached hydrogens (tertiary/aromatic N) is 1. The predicted octanol–water partition coefficient (Wildman–Crippen LogP) is 2.57. The van der Waals surface area contributed by atoms with Crippen LogP contribution in [-0.4, -0.2) is 35.1 Å². The average Bonchev–Trinajstić information content (AvgIpc) is 2.47. The van der Waals surface area contributed by atoms with E-state index in [-0.39, 0.29) is 24.1 Å². The number of amides is 1. The van der Waals surface area contributed by atoms with Crippen LogP contribution in [0.15, 0.2) is 18.2 Å². The number of aliphatic hydroxyl groups excluding tert-OH is 1. The van der Waals surface area contributed by atoms with Crippen LogP contribution in [0.4, 0.5) is 4.39 Å². The largest absolute Gasteiger partial charge is 0.395 e. The fourth-order valence-corrected chi connectivity index (χ4v) is 2.54. The molecular weight excluding hydrogens is 269 g/mol. The molecule has 1 amide bonds. The molecule has 0 aliphatic carbocycles. The number of rotatable bonds is 2. The Bertz CT molecular complexity index is 574. The van der Waals surface area contributed by atoms with Crippen molar-refractivity contribution in [2.45, 2.75) is 38.6 Å². The highest BCUT2D eigenvalue weighted by molar-refractivity contribution is 5.94. The third kappa shape index (κ3) is 3.83. The van der Waals surface area contributed by atoms with Crippen LogP contribution in [0.3, 0.4) is 0 Å². The standard InChI is InChI=1S/C17H20FNO2/c1-13-6-2-4-10-19(13)17(21)15-9-8-14(12-16(15)18)7-3-5-11-20/h8-9,12-13,20H,2,4-6,10-11H2,1H3. The van der Waals surface area contributed by atoms with Crippen LogP contribution < -0.4 is 0 Å². The molecule has 1 heterocycles. The van der Waals surface area contributed by atoms with E-state index in [2.05, 4.69) is 11.8 Å². The van der Waals surface area contributed by atoms with Gasteiger partial charge in [-0.3, -0.25) is 4.79 Å². The third-order valence-electron chi connectivity index (χ3n) is 3.73. The minimum atomic E-state index is -0.534. The molecule has 0 bridgehead atoms. The Balaban J connectivity index is 2.17. The Kier molecular flexibility index (Phi) is 5.35. The van der Waals surface area contributed by atoms with Crippen LogP contribution in [-0.2, 0) is 0 Å². The summed E-state index contributed by atoms with van der Waals surface area (Å²) in [5.74, 6) is 4.73. The normalized spacial score (nSPS) is 18.0. The van der Waals surface area contributed by atoms with Crippen LogP contribution in [0, 0.1) is 17.7 Å². The molecular formula is C17H20FNO2. The van der Waals surface area contributed by atoms with Crippen molar-refractivity contribution in [1.82, 2.24) is 4.90 Å². The van der Waals surface area contributed by atoms with E-state index in [9.17, 15) is 9.18 Å². The van der Waals surface area contributed by atoms with E-state index < -0.39 is 5.82 Å². The van der Waals surface area contributed by atoms with Gasteiger partial charge in [0.2, 0.25) is 0 Å². The summed E-state index contributed by atoms with van der Waals surface area (Å²) in [6.45, 7) is 2.68. The van der Waals surface area contributed by atoms with Crippen LogP contribution in [0.1, 0.15) is 48.5 Å². The number of carbonyl (C=O) groups is 1. The van der Waals surface area contributed by atoms with Crippen LogP contribution in [0.2, 0.25) is 0 Å². The van der Waals surface area contributed by atoms with Gasteiger partial charge in [-0.05, 0) is 44.4 Å². The minimum absolute atomic E-state index is 0.0150. The Morgan fingerprint density at radius 2 is 2.29 bits per heavy atom. The summed E-state index contributed by atoms with van der Waals surface area (Å²) in [6.07, 6.45) is 3.42. The average molecular weight is 289 g/mol. The molecule has 1 aliphatic heterocycles. The second kappa shape index (κ2) is 7.24. The molecule has 0 radical (unpaired) electrons. The fraction of sp³-hybridized carbons (Fsp3) is 0.471. The van der Waals surface area contributed by atoms with Crippen molar-refractivity contribution in [3.8, 4) is 11.8 Å². The summed E-state index contributed by atoms with van der Waals surface area (Å²) in [7, 11) is 0. The van der Waals surface area contributed by atoms with Gasteiger partial charge >= 0.3 is 0 Å². The molecule has 1 aliphatic rings. The number of likely N-dealkylation sites (tertiary alicyclic amines) is 1. The maximum absolute atomic E-state index is 14.1. The highest BCUT2D eigenvalue weighted by atomic mass is 19.1. The molecule has 1 unspecified atom stereocenters. The number of carbonyl (C=O) groups excluding carboxylic acids is 1. The van der Waals surface area contributed by atoms with E-state index in [0.717, 1.165) is 19.3 Å². The zero-order valence-electron chi connectivity index (χ0n) is 12.2. The molecule has 1 aromatic carbocycles. The first kappa shape index (κ1) is 15.5. The van der Waals surface area contributed by atoms with Gasteiger partial charge in [-0.25, -0.2) is 4.39 Å². The Labute approximate surface area is 124 Å². The monoisotopic (exact) mass is 289 g/mol. The van der Waals surface area contributed by atoms with Gasteiger partial charge in [-0.2, -0.15) is 0 Å². The van der Waals surface area contributed by atoms with Gasteiger partial charge in [-0.1, -0.05) is 11.8 Å². The Morgan fingerprint density at radius 3 is 2.95 bits per heavy atom. The van der Waals surface area contributed by atoms with Gasteiger partial charge in [-0.15, -0.1) is 0 Å². The molecule has 0 aromatic heterocycles. The first-order valence-corrected chi connectivity index (χ1v) is 7.33. The van der Waals surface area contributed by atoms with E-state index in [1.165, 1.54) is 12.1 Å². The number of hydrogen-bond donors (Lipinski definition) is 1. The molecule has 1 atom stereocenters. The van der Waals surface area contributed by atoms with E-state index in [4.69, 9.17) is 5.11 Å². The zero-order valence-corrected chi connectivity index (χ0v) is 12.2. The molecule has 112 valence electrons. The first-order valence-electron chi connectivity index (χ1n) is 7.33. The lowest BCUT2D eigenvalue weighted by Crippen LogP contribution is -2.42. The van der Waals surface area contributed by atoms with Crippen molar-refractivity contribution in [1.29, 1.82) is 0 Å². The predicted molar refractivity (Wildman–Crippen MR) is 79.3 cm³/mol. The van der Waals surface area contributed by atoms with Crippen molar-refractivity contribution < 1.29 is 14.3 Å². The summed E-state index contributed by atoms with van der Waals surface area (Å²) >= 11 is 0. The highest BCUT2D eigenvalue weighted by Crippen LogP contribution is 2.21. The van der Waals surface area contributed by atoms with Crippen LogP contribution in [0.5, 0.6) is 0 Å². The highest BCUT2D eigenvalue weighted by Gasteiger charge is 2.25. The molecule has 1 fully saturated rings. The first-order chi connectivity index (χ1) is 10.1. The van der Waals surface area contributed by atoms with E-state index in [0.29, 0.717) is 18.5 Å². The van der Waals surface area contributed by atoms with E-state index >= 15 is 0 Å². The SMILES string of the molecule is CC1CCCCN1C(=O)c1ccc(C#CCCO)cc1F. The van der Waals surface area contributed by atoms with Crippen LogP contribution in [0.25, 0.3) is 0 Å². The zero-order chi connectivity index (χ0) is 15.2. The maximum atomic E-state index is 14.1. The van der Waals surface area contributed by atoms with Crippen molar-refractivity contribution in [3.05, 3.63) is 35.1 Å². The quantitative estimate of drug-likeness (QED) is 0.850. The van der Waals surface area contributed by atoms with Crippen molar-refractivity contribution in [2.75, 3.05) is 13.2 Å². The lowest BCUT2D eigenvalue weighted by molar-refractivity contribution is 0.0631. The van der Waals surface area contributed by atoms with Gasteiger partial charge in [0.15, 0.2) is 0 Å². The second-order valence-corrected chi connectivity index (χ2v) is 5.31. The third-order valence-corrected chi connectivity index (χ3v) is 3.73. The maximum Gasteiger partial charge on any atom is 0.257 e. The molecule has 1 saturated heterocycles. The van der Waals surface area contributed by atoms with Gasteiger partial charge in [0.1, 0.15) is 5.82 Å². The van der Waals surface area contributed by atoms with E-state index in [1.54, 1.807) is 11.0 Å². The summed E-state index contributed by atoms with van der Waals surface area (Å²) in [5.41, 5.74) is 0.626. The minimum Gasteiger partial charge on any atom is -0.395 e. The number of hydrogen-bond acceptors (Lipinski definition) is 2. The molecule has 0 saturated carbocycles. The molecule has 4 heteroatoms. The fourth-order valence-electron chi connectivity index (χ4n) is 2.54. The van der Waals surface area contributed by atoms with Gasteiger partial charge in [0, 0.05) is 24.6 Å². The lowest BCUT2D eigenvalue weighted by atomic mass is 10.0. The molecule has 1 aromatic rings. The van der Waals surface area contributed by atoms with Gasteiger partial charge < -0.3 is 10.0 Å². The lowest BCUT2D eigenvalue weighted by Gasteiger charge is -2.33. The smallest absolute Gasteiger partial charge is 0.257 e. The molecule has 3 nitrogen and oxygen atoms in total. The summed E-state index contributed by atoms with van der Waals surface area (Å²) < 4.78 is 14.1. The number of benzene rings is 1. The van der Waals surface area contributed by atoms with Crippen LogP contribution >= 0.6 is 0 Å². The number of piperidine rings is 1. The van der Waals surface area contributed by atoms with Crippen molar-refractivity contribution >= 4 is 5.91 Å². The topological polar surface area (TPSA) is 40.5 Å². The summed E-state index contributed by atoms with van der Waals surface area (Å²) in [6, 6.07) is 4.60. The summed E-state index contributed by atoms with van der Waals surface area (Å²) in [5, 5.41) is 8.66. The second-order valence-electron chi connectivity index (χ2n) is 5.31. The van der Waals surface area contributed by atoms with Crippen molar-refractivity contribution in [3.63, 3.8) is 0 Å². The van der Waals surface area contributed by atoms with Gasteiger partial charge in [0.05, 0.1) is 12.2 Å². The molecule has 2 rings (SSSR count). The van der Waals surface area contributed by atoms with Gasteiger partial charge in [0.25, 0.3) is 5.91 Å². The number of halogens is 1. The molecule has 1 N–H and O–H groups in total. The van der Waals surface area contributed by atoms with Crippen molar-refractivity contribution in [2.24, 2.45) is 0 Å². The Morgan fingerprint density at radius 1 is 1.48 bits per heavy atom. The summed E-state index contributed by atoms with van der Waals surface area (Å²) in [4.78, 5) is 14.2. The van der Waals surface area contributed by atoms with E-state index in [1.807, 2.05) is 6.92 Å². The Hall–Kier alpha value is -1.86. The number of aliphatic hydroxyl groups is 1.